The lowest BCUT2D eigenvalue weighted by molar-refractivity contribution is 0.483. The van der Waals surface area contributed by atoms with Gasteiger partial charge in [0.15, 0.2) is 5.82 Å². The molecule has 0 bridgehead atoms. The van der Waals surface area contributed by atoms with E-state index in [9.17, 15) is 0 Å². The number of hydrogen-bond donors (Lipinski definition) is 0. The van der Waals surface area contributed by atoms with Crippen LogP contribution in [0.15, 0.2) is 188 Å². The van der Waals surface area contributed by atoms with Crippen LogP contribution in [0.5, 0.6) is 11.5 Å². The zero-order valence-electron chi connectivity index (χ0n) is 46.6. The molecule has 0 saturated heterocycles. The van der Waals surface area contributed by atoms with E-state index in [1.165, 1.54) is 82.4 Å². The smallest absolute Gasteiger partial charge is 0.158 e. The van der Waals surface area contributed by atoms with Crippen LogP contribution in [-0.4, -0.2) is 30.3 Å². The normalized spacial score (nSPS) is 13.1. The van der Waals surface area contributed by atoms with E-state index in [0.29, 0.717) is 6.67 Å². The highest BCUT2D eigenvalue weighted by Crippen LogP contribution is 2.52. The molecule has 0 unspecified atom stereocenters. The standard InChI is InChI=1S/C71H63N7O/c1-43-19-13-26-54-55-27-14-20-44(2)65(55)77(64(43)54)61-37-48(71(8,9)10)38-62(78-66-45(3)21-15-28-56(66)57-29-16-22-46(4)67(57)78)68(61)75-42-74(69-59(75)31-18-35-73-69)49-23-17-24-50(40-49)79-51-32-33-53-52-25-11-12-30-58(52)76(60(53)41-51)63-39-47(34-36-72-63)70(5,6)7/h11-41H,42H2,1-10H3. The fraction of sp³-hybridized carbons (Fsp3) is 0.183. The number of benzene rings is 8. The van der Waals surface area contributed by atoms with E-state index in [1.54, 1.807) is 0 Å². The second-order valence-electron chi connectivity index (χ2n) is 23.8. The Balaban J connectivity index is 0.971. The Bertz CT molecular complexity index is 4390. The summed E-state index contributed by atoms with van der Waals surface area (Å²) in [6.45, 7) is 23.3. The van der Waals surface area contributed by atoms with Crippen molar-refractivity contribution < 1.29 is 4.74 Å². The molecule has 0 fully saturated rings. The van der Waals surface area contributed by atoms with Crippen LogP contribution >= 0.6 is 0 Å². The molecule has 6 heterocycles. The number of hydrogen-bond acceptors (Lipinski definition) is 5. The molecule has 8 nitrogen and oxygen atoms in total. The zero-order valence-corrected chi connectivity index (χ0v) is 46.6. The molecule has 0 saturated carbocycles. The minimum absolute atomic E-state index is 0.0329. The number of para-hydroxylation sites is 5. The second-order valence-corrected chi connectivity index (χ2v) is 23.8. The molecule has 0 atom stereocenters. The Kier molecular flexibility index (Phi) is 10.8. The molecule has 5 aromatic heterocycles. The molecule has 1 aliphatic rings. The van der Waals surface area contributed by atoms with Gasteiger partial charge in [-0.15, -0.1) is 0 Å². The molecule has 388 valence electrons. The molecule has 14 rings (SSSR count). The zero-order chi connectivity index (χ0) is 54.2. The van der Waals surface area contributed by atoms with E-state index in [1.807, 2.05) is 18.5 Å². The summed E-state index contributed by atoms with van der Waals surface area (Å²) in [6, 6.07) is 64.1. The van der Waals surface area contributed by atoms with Crippen molar-refractivity contribution in [2.24, 2.45) is 0 Å². The highest BCUT2D eigenvalue weighted by atomic mass is 16.5. The molecule has 0 aliphatic carbocycles. The molecular weight excluding hydrogens is 967 g/mol. The Morgan fingerprint density at radius 2 is 0.924 bits per heavy atom. The summed E-state index contributed by atoms with van der Waals surface area (Å²) in [5.74, 6) is 3.22. The van der Waals surface area contributed by atoms with Crippen molar-refractivity contribution in [3.63, 3.8) is 0 Å². The largest absolute Gasteiger partial charge is 0.457 e. The SMILES string of the molecule is Cc1cccc2c3cccc(C)c3n(-c3cc(C(C)(C)C)cc(-n4c5c(C)cccc5c5cccc(C)c54)c3N3CN(c4cccc(Oc5ccc6c7ccccc7n(-c7cc(C(C)(C)C)ccn7)c6c5)c4)c4ncccc43)c12. The van der Waals surface area contributed by atoms with Gasteiger partial charge in [0.2, 0.25) is 0 Å². The number of pyridine rings is 2. The van der Waals surface area contributed by atoms with E-state index >= 15 is 0 Å². The maximum Gasteiger partial charge on any atom is 0.158 e. The lowest BCUT2D eigenvalue weighted by Crippen LogP contribution is -2.27. The maximum atomic E-state index is 6.94. The van der Waals surface area contributed by atoms with E-state index < -0.39 is 0 Å². The highest BCUT2D eigenvalue weighted by molar-refractivity contribution is 6.14. The van der Waals surface area contributed by atoms with Gasteiger partial charge in [-0.25, -0.2) is 9.97 Å². The van der Waals surface area contributed by atoms with Crippen molar-refractivity contribution in [2.75, 3.05) is 16.5 Å². The minimum atomic E-state index is -0.208. The van der Waals surface area contributed by atoms with Gasteiger partial charge in [0.25, 0.3) is 0 Å². The predicted octanol–water partition coefficient (Wildman–Crippen LogP) is 18.6. The van der Waals surface area contributed by atoms with Crippen LogP contribution in [0.25, 0.3) is 82.6 Å². The topological polar surface area (TPSA) is 56.3 Å². The predicted molar refractivity (Wildman–Crippen MR) is 330 cm³/mol. The molecule has 0 radical (unpaired) electrons. The lowest BCUT2D eigenvalue weighted by Gasteiger charge is -2.31. The fourth-order valence-corrected chi connectivity index (χ4v) is 12.7. The molecule has 0 N–H and O–H groups in total. The van der Waals surface area contributed by atoms with Crippen molar-refractivity contribution in [1.29, 1.82) is 0 Å². The number of fused-ring (bicyclic) bond motifs is 10. The van der Waals surface area contributed by atoms with Crippen LogP contribution in [0.2, 0.25) is 0 Å². The average molecular weight is 1030 g/mol. The van der Waals surface area contributed by atoms with Crippen molar-refractivity contribution >= 4 is 88.3 Å². The number of aromatic nitrogens is 5. The first-order valence-electron chi connectivity index (χ1n) is 27.6. The van der Waals surface area contributed by atoms with Crippen molar-refractivity contribution in [3.8, 4) is 28.7 Å². The monoisotopic (exact) mass is 1030 g/mol. The van der Waals surface area contributed by atoms with Gasteiger partial charge in [0.05, 0.1) is 55.8 Å². The van der Waals surface area contributed by atoms with Crippen LogP contribution in [0, 0.1) is 27.7 Å². The lowest BCUT2D eigenvalue weighted by atomic mass is 9.85. The summed E-state index contributed by atoms with van der Waals surface area (Å²) in [5, 5.41) is 7.28. The van der Waals surface area contributed by atoms with E-state index in [0.717, 1.165) is 68.0 Å². The number of aryl methyl sites for hydroxylation is 4. The fourth-order valence-electron chi connectivity index (χ4n) is 12.7. The van der Waals surface area contributed by atoms with Crippen LogP contribution in [-0.2, 0) is 10.8 Å². The average Bonchev–Trinajstić information content (AvgIpc) is 4.10. The molecule has 8 aromatic carbocycles. The molecule has 13 aromatic rings. The summed E-state index contributed by atoms with van der Waals surface area (Å²) in [6.07, 6.45) is 3.84. The van der Waals surface area contributed by atoms with Crippen LogP contribution < -0.4 is 14.5 Å². The maximum absolute atomic E-state index is 6.94. The molecule has 79 heavy (non-hydrogen) atoms. The Labute approximate surface area is 461 Å². The van der Waals surface area contributed by atoms with Crippen LogP contribution in [0.3, 0.4) is 0 Å². The summed E-state index contributed by atoms with van der Waals surface area (Å²) >= 11 is 0. The second kappa shape index (κ2) is 17.7. The quantitative estimate of drug-likeness (QED) is 0.159. The van der Waals surface area contributed by atoms with Crippen LogP contribution in [0.1, 0.15) is 74.9 Å². The number of rotatable bonds is 7. The van der Waals surface area contributed by atoms with Crippen molar-refractivity contribution in [2.45, 2.75) is 80.1 Å². The van der Waals surface area contributed by atoms with Crippen molar-refractivity contribution in [3.05, 3.63) is 222 Å². The Morgan fingerprint density at radius 3 is 1.51 bits per heavy atom. The van der Waals surface area contributed by atoms with E-state index in [4.69, 9.17) is 14.7 Å². The third-order valence-electron chi connectivity index (χ3n) is 16.6. The number of nitrogens with zero attached hydrogens (tertiary/aromatic N) is 7. The van der Waals surface area contributed by atoms with Gasteiger partial charge in [-0.1, -0.05) is 139 Å². The first-order valence-corrected chi connectivity index (χ1v) is 27.6. The molecular formula is C71H63N7O. The summed E-state index contributed by atoms with van der Waals surface area (Å²) in [4.78, 5) is 15.0. The van der Waals surface area contributed by atoms with Gasteiger partial charge in [-0.2, -0.15) is 0 Å². The van der Waals surface area contributed by atoms with Gasteiger partial charge >= 0.3 is 0 Å². The Morgan fingerprint density at radius 1 is 0.392 bits per heavy atom. The minimum Gasteiger partial charge on any atom is -0.457 e. The number of anilines is 4. The van der Waals surface area contributed by atoms with Gasteiger partial charge in [0, 0.05) is 62.5 Å². The first-order chi connectivity index (χ1) is 38.1. The summed E-state index contributed by atoms with van der Waals surface area (Å²) in [7, 11) is 0. The molecule has 0 amide bonds. The third kappa shape index (κ3) is 7.55. The van der Waals surface area contributed by atoms with Crippen LogP contribution in [0.4, 0.5) is 22.9 Å². The van der Waals surface area contributed by atoms with Gasteiger partial charge < -0.3 is 23.7 Å². The van der Waals surface area contributed by atoms with E-state index in [-0.39, 0.29) is 10.8 Å². The molecule has 0 spiro atoms. The number of ether oxygens (including phenoxy) is 1. The summed E-state index contributed by atoms with van der Waals surface area (Å²) < 4.78 is 14.4. The van der Waals surface area contributed by atoms with Crippen molar-refractivity contribution in [1.82, 2.24) is 23.7 Å². The first kappa shape index (κ1) is 48.2. The molecule has 1 aliphatic heterocycles. The van der Waals surface area contributed by atoms with Gasteiger partial charge in [0.1, 0.15) is 24.0 Å². The van der Waals surface area contributed by atoms with E-state index in [2.05, 4.69) is 263 Å². The highest BCUT2D eigenvalue weighted by Gasteiger charge is 2.36. The van der Waals surface area contributed by atoms with Gasteiger partial charge in [-0.05, 0) is 139 Å². The Hall–Kier alpha value is -9.14. The summed E-state index contributed by atoms with van der Waals surface area (Å²) in [5.41, 5.74) is 19.4. The van der Waals surface area contributed by atoms with Gasteiger partial charge in [-0.3, -0.25) is 4.57 Å². The molecule has 8 heteroatoms. The third-order valence-corrected chi connectivity index (χ3v) is 16.6.